The fourth-order valence-electron chi connectivity index (χ4n) is 4.75. The van der Waals surface area contributed by atoms with E-state index in [0.29, 0.717) is 24.3 Å². The van der Waals surface area contributed by atoms with Gasteiger partial charge in [-0.15, -0.1) is 0 Å². The molecule has 3 atom stereocenters. The van der Waals surface area contributed by atoms with Crippen LogP contribution in [0.25, 0.3) is 10.9 Å². The monoisotopic (exact) mass is 528 g/mol. The van der Waals surface area contributed by atoms with Crippen molar-refractivity contribution < 1.29 is 14.7 Å². The number of carboxylic acid groups (broad SMARTS) is 1. The summed E-state index contributed by atoms with van der Waals surface area (Å²) in [7, 11) is 0. The number of hydrogen-bond acceptors (Lipinski definition) is 6. The summed E-state index contributed by atoms with van der Waals surface area (Å²) in [6.45, 7) is 8.28. The molecule has 9 heteroatoms. The van der Waals surface area contributed by atoms with E-state index in [4.69, 9.17) is 10.1 Å². The Balaban J connectivity index is 0.00000103. The molecule has 0 bridgehead atoms. The van der Waals surface area contributed by atoms with Crippen LogP contribution < -0.4 is 15.6 Å². The van der Waals surface area contributed by atoms with Crippen LogP contribution in [-0.2, 0) is 4.79 Å². The Morgan fingerprint density at radius 1 is 1.38 bits per heavy atom. The van der Waals surface area contributed by atoms with Crippen LogP contribution in [-0.4, -0.2) is 62.7 Å². The second-order valence-electron chi connectivity index (χ2n) is 9.21. The van der Waals surface area contributed by atoms with E-state index in [1.165, 1.54) is 6.92 Å². The summed E-state index contributed by atoms with van der Waals surface area (Å²) in [5, 5.41) is 22.3. The Bertz CT molecular complexity index is 1180. The van der Waals surface area contributed by atoms with Gasteiger partial charge in [0, 0.05) is 0 Å². The first kappa shape index (κ1) is 26.0. The number of nitriles is 1. The van der Waals surface area contributed by atoms with Gasteiger partial charge in [-0.25, -0.2) is 0 Å². The summed E-state index contributed by atoms with van der Waals surface area (Å²) in [6, 6.07) is 6.25. The summed E-state index contributed by atoms with van der Waals surface area (Å²) >= 11 is 1.66. The number of rotatable bonds is 7. The molecule has 8 nitrogen and oxygen atoms in total. The fraction of sp³-hybridized carbons (Fsp3) is 0.520. The van der Waals surface area contributed by atoms with E-state index in [9.17, 15) is 14.7 Å². The molecular weight excluding hydrogens is 495 g/mol. The predicted octanol–water partition coefficient (Wildman–Crippen LogP) is 2.23. The molecular formula is C25H33AsN4O4. The molecule has 0 amide bonds. The van der Waals surface area contributed by atoms with Crippen molar-refractivity contribution in [3.05, 3.63) is 39.7 Å². The Labute approximate surface area is 208 Å². The number of anilines is 1. The molecule has 0 spiro atoms. The van der Waals surface area contributed by atoms with Crippen molar-refractivity contribution in [1.82, 2.24) is 9.88 Å². The Hall–Kier alpha value is -2.62. The van der Waals surface area contributed by atoms with Gasteiger partial charge in [-0.1, -0.05) is 0 Å². The summed E-state index contributed by atoms with van der Waals surface area (Å²) in [5.74, 6) is -0.695. The summed E-state index contributed by atoms with van der Waals surface area (Å²) in [5.41, 5.74) is 2.47. The first-order valence-corrected chi connectivity index (χ1v) is 12.8. The second-order valence-corrected chi connectivity index (χ2v) is 11.7. The third-order valence-corrected chi connectivity index (χ3v) is 8.13. The molecule has 2 aromatic rings. The SMILES string of the molecule is CC=O.Cc1c(N2CCC(C(C)([AsH2])NCCC#N)C2)ccc2c(=O)c(C(=O)O)cn(C3CC3)c12. The zero-order valence-electron chi connectivity index (χ0n) is 20.0. The maximum absolute atomic E-state index is 12.8. The first-order chi connectivity index (χ1) is 16.2. The molecule has 3 unspecified atom stereocenters. The van der Waals surface area contributed by atoms with Gasteiger partial charge in [0.25, 0.3) is 0 Å². The number of nitrogens with zero attached hydrogens (tertiary/aromatic N) is 3. The summed E-state index contributed by atoms with van der Waals surface area (Å²) in [4.78, 5) is 35.6. The van der Waals surface area contributed by atoms with Crippen molar-refractivity contribution in [1.29, 1.82) is 5.26 Å². The van der Waals surface area contributed by atoms with Crippen molar-refractivity contribution in [2.75, 3.05) is 24.5 Å². The van der Waals surface area contributed by atoms with Gasteiger partial charge < -0.3 is 4.79 Å². The van der Waals surface area contributed by atoms with Crippen LogP contribution in [0.2, 0.25) is 0 Å². The summed E-state index contributed by atoms with van der Waals surface area (Å²) < 4.78 is 2.01. The zero-order chi connectivity index (χ0) is 25.0. The van der Waals surface area contributed by atoms with Crippen molar-refractivity contribution >= 4 is 45.7 Å². The average molecular weight is 528 g/mol. The van der Waals surface area contributed by atoms with Gasteiger partial charge in [-0.05, 0) is 6.92 Å². The average Bonchev–Trinajstić information content (AvgIpc) is 3.50. The number of benzene rings is 1. The molecule has 2 heterocycles. The van der Waals surface area contributed by atoms with Crippen LogP contribution in [0.3, 0.4) is 0 Å². The number of aryl methyl sites for hydroxylation is 1. The van der Waals surface area contributed by atoms with E-state index in [1.54, 1.807) is 29.1 Å². The molecule has 1 saturated heterocycles. The number of aldehydes is 1. The number of carbonyl (C=O) groups excluding carboxylic acids is 1. The number of fused-ring (bicyclic) bond motifs is 1. The molecule has 0 radical (unpaired) electrons. The maximum atomic E-state index is 12.8. The topological polar surface area (TPSA) is 115 Å². The Kier molecular flexibility index (Phi) is 8.22. The molecule has 4 rings (SSSR count). The molecule has 1 saturated carbocycles. The van der Waals surface area contributed by atoms with Gasteiger partial charge in [0.2, 0.25) is 0 Å². The van der Waals surface area contributed by atoms with Crippen molar-refractivity contribution in [2.24, 2.45) is 5.92 Å². The van der Waals surface area contributed by atoms with Crippen LogP contribution in [0.15, 0.2) is 23.1 Å². The van der Waals surface area contributed by atoms with E-state index in [1.807, 2.05) is 17.6 Å². The van der Waals surface area contributed by atoms with Crippen LogP contribution in [0.1, 0.15) is 61.5 Å². The van der Waals surface area contributed by atoms with E-state index in [2.05, 4.69) is 23.2 Å². The molecule has 182 valence electrons. The second kappa shape index (κ2) is 10.8. The Morgan fingerprint density at radius 2 is 2.06 bits per heavy atom. The fourth-order valence-corrected chi connectivity index (χ4v) is 5.62. The molecule has 2 fully saturated rings. The number of carboxylic acids is 1. The number of carbonyl (C=O) groups is 2. The van der Waals surface area contributed by atoms with E-state index < -0.39 is 11.4 Å². The number of nitrogens with one attached hydrogen (secondary N) is 1. The minimum absolute atomic E-state index is 0.00411. The van der Waals surface area contributed by atoms with Crippen molar-refractivity contribution in [2.45, 2.75) is 56.8 Å². The number of aromatic carboxylic acids is 1. The van der Waals surface area contributed by atoms with Crippen molar-refractivity contribution in [3.63, 3.8) is 0 Å². The molecule has 1 aromatic carbocycles. The van der Waals surface area contributed by atoms with Gasteiger partial charge in [-0.2, -0.15) is 0 Å². The molecule has 2 aliphatic rings. The zero-order valence-corrected chi connectivity index (χ0v) is 22.4. The van der Waals surface area contributed by atoms with Crippen LogP contribution in [0.4, 0.5) is 5.69 Å². The number of hydrogen-bond donors (Lipinski definition) is 2. The number of pyridine rings is 1. The van der Waals surface area contributed by atoms with Gasteiger partial charge >= 0.3 is 191 Å². The number of aromatic nitrogens is 1. The molecule has 1 aliphatic heterocycles. The standard InChI is InChI=1S/C23H29AsN4O3.C2H4O/c1-14-19(27-11-8-15(12-27)23(2,24)26-10-3-9-25)7-6-17-20(14)28(16-4-5-16)13-18(21(17)29)22(30)31;1-2-3/h6-7,13,15-16,26H,3-5,8,10-12,24H2,1-2H3,(H,30,31);2H,1H3. The van der Waals surface area contributed by atoms with Crippen LogP contribution in [0, 0.1) is 24.2 Å². The van der Waals surface area contributed by atoms with Crippen LogP contribution in [0.5, 0.6) is 0 Å². The van der Waals surface area contributed by atoms with E-state index in [0.717, 1.165) is 55.4 Å². The molecule has 34 heavy (non-hydrogen) atoms. The summed E-state index contributed by atoms with van der Waals surface area (Å²) in [6.07, 6.45) is 5.89. The predicted molar refractivity (Wildman–Crippen MR) is 135 cm³/mol. The van der Waals surface area contributed by atoms with Crippen LogP contribution >= 0.6 is 0 Å². The van der Waals surface area contributed by atoms with Gasteiger partial charge in [-0.3, -0.25) is 0 Å². The third kappa shape index (κ3) is 5.37. The molecule has 2 N–H and O–H groups in total. The Morgan fingerprint density at radius 3 is 2.65 bits per heavy atom. The van der Waals surface area contributed by atoms with Gasteiger partial charge in [0.1, 0.15) is 6.29 Å². The van der Waals surface area contributed by atoms with Crippen molar-refractivity contribution in [3.8, 4) is 6.07 Å². The third-order valence-electron chi connectivity index (χ3n) is 6.71. The quantitative estimate of drug-likeness (QED) is 0.322. The van der Waals surface area contributed by atoms with Gasteiger partial charge in [0.05, 0.1) is 0 Å². The molecule has 1 aliphatic carbocycles. The minimum atomic E-state index is -1.17. The normalized spacial score (nSPS) is 19.1. The first-order valence-electron chi connectivity index (χ1n) is 11.6. The van der Waals surface area contributed by atoms with Gasteiger partial charge in [0.15, 0.2) is 0 Å². The molecule has 1 aromatic heterocycles. The van der Waals surface area contributed by atoms with E-state index in [-0.39, 0.29) is 15.9 Å². The van der Waals surface area contributed by atoms with E-state index >= 15 is 0 Å².